The summed E-state index contributed by atoms with van der Waals surface area (Å²) in [7, 11) is 0. The van der Waals surface area contributed by atoms with Gasteiger partial charge in [-0.25, -0.2) is 14.0 Å². The van der Waals surface area contributed by atoms with E-state index in [9.17, 15) is 14.0 Å². The van der Waals surface area contributed by atoms with Gasteiger partial charge in [0.15, 0.2) is 0 Å². The summed E-state index contributed by atoms with van der Waals surface area (Å²) >= 11 is 0. The second kappa shape index (κ2) is 6.53. The fraction of sp³-hybridized carbons (Fsp3) is 0.429. The van der Waals surface area contributed by atoms with Crippen molar-refractivity contribution in [1.29, 1.82) is 0 Å². The molecule has 3 N–H and O–H groups in total. The van der Waals surface area contributed by atoms with Crippen LogP contribution in [0.15, 0.2) is 18.2 Å². The average molecular weight is 296 g/mol. The van der Waals surface area contributed by atoms with Gasteiger partial charge in [0.1, 0.15) is 5.82 Å². The molecular weight excluding hydrogens is 279 g/mol. The summed E-state index contributed by atoms with van der Waals surface area (Å²) in [5, 5.41) is 13.8. The number of benzene rings is 1. The first kappa shape index (κ1) is 15.2. The Hall–Kier alpha value is -2.15. The third-order valence-electron chi connectivity index (χ3n) is 3.35. The zero-order chi connectivity index (χ0) is 15.4. The molecule has 0 aromatic heterocycles. The van der Waals surface area contributed by atoms with Crippen molar-refractivity contribution in [3.05, 3.63) is 29.6 Å². The molecule has 0 spiro atoms. The molecule has 2 amide bonds. The first-order valence-corrected chi connectivity index (χ1v) is 6.69. The summed E-state index contributed by atoms with van der Waals surface area (Å²) < 4.78 is 19.1. The standard InChI is InChI=1S/C14H17FN2O4/c1-8(12-3-2-6-21-12)16-14(20)17-11-5-4-9(13(18)19)7-10(11)15/h4-5,7-8,12H,2-3,6H2,1H3,(H,18,19)(H2,16,17,20). The van der Waals surface area contributed by atoms with Gasteiger partial charge in [-0.15, -0.1) is 0 Å². The van der Waals surface area contributed by atoms with Crippen LogP contribution in [0.5, 0.6) is 0 Å². The van der Waals surface area contributed by atoms with Crippen molar-refractivity contribution >= 4 is 17.7 Å². The summed E-state index contributed by atoms with van der Waals surface area (Å²) in [6, 6.07) is 2.56. The van der Waals surface area contributed by atoms with Crippen molar-refractivity contribution < 1.29 is 23.8 Å². The Kier molecular flexibility index (Phi) is 4.74. The maximum Gasteiger partial charge on any atom is 0.335 e. The maximum absolute atomic E-state index is 13.7. The molecule has 114 valence electrons. The third kappa shape index (κ3) is 3.91. The van der Waals surface area contributed by atoms with Crippen molar-refractivity contribution in [3.8, 4) is 0 Å². The SMILES string of the molecule is CC(NC(=O)Nc1ccc(C(=O)O)cc1F)C1CCCO1. The minimum Gasteiger partial charge on any atom is -0.478 e. The molecule has 2 rings (SSSR count). The van der Waals surface area contributed by atoms with Crippen molar-refractivity contribution in [2.24, 2.45) is 0 Å². The van der Waals surface area contributed by atoms with Crippen LogP contribution in [-0.2, 0) is 4.74 Å². The van der Waals surface area contributed by atoms with E-state index >= 15 is 0 Å². The molecule has 7 heteroatoms. The number of carbonyl (C=O) groups excluding carboxylic acids is 1. The molecule has 2 atom stereocenters. The molecule has 0 bridgehead atoms. The highest BCUT2D eigenvalue weighted by Crippen LogP contribution is 2.17. The number of urea groups is 1. The summed E-state index contributed by atoms with van der Waals surface area (Å²) in [5.74, 6) is -2.02. The smallest absolute Gasteiger partial charge is 0.335 e. The summed E-state index contributed by atoms with van der Waals surface area (Å²) in [5.41, 5.74) is -0.247. The van der Waals surface area contributed by atoms with Crippen LogP contribution < -0.4 is 10.6 Å². The zero-order valence-electron chi connectivity index (χ0n) is 11.6. The molecule has 0 saturated carbocycles. The predicted molar refractivity (Wildman–Crippen MR) is 73.9 cm³/mol. The van der Waals surface area contributed by atoms with Crippen LogP contribution in [0.3, 0.4) is 0 Å². The first-order chi connectivity index (χ1) is 9.97. The zero-order valence-corrected chi connectivity index (χ0v) is 11.6. The molecule has 1 fully saturated rings. The van der Waals surface area contributed by atoms with Crippen LogP contribution in [-0.4, -0.2) is 35.9 Å². The number of hydrogen-bond donors (Lipinski definition) is 3. The Morgan fingerprint density at radius 2 is 2.24 bits per heavy atom. The summed E-state index contributed by atoms with van der Waals surface area (Å²) in [6.07, 6.45) is 1.81. The fourth-order valence-corrected chi connectivity index (χ4v) is 2.20. The van der Waals surface area contributed by atoms with E-state index in [1.807, 2.05) is 6.92 Å². The lowest BCUT2D eigenvalue weighted by atomic mass is 10.1. The predicted octanol–water partition coefficient (Wildman–Crippen LogP) is 2.21. The molecule has 1 aromatic rings. The summed E-state index contributed by atoms with van der Waals surface area (Å²) in [6.45, 7) is 2.50. The topological polar surface area (TPSA) is 87.7 Å². The van der Waals surface area contributed by atoms with Crippen molar-refractivity contribution in [1.82, 2.24) is 5.32 Å². The molecule has 2 unspecified atom stereocenters. The Labute approximate surface area is 121 Å². The number of carboxylic acid groups (broad SMARTS) is 1. The number of carboxylic acids is 1. The molecule has 1 aliphatic rings. The molecule has 0 radical (unpaired) electrons. The fourth-order valence-electron chi connectivity index (χ4n) is 2.20. The van der Waals surface area contributed by atoms with E-state index in [2.05, 4.69) is 10.6 Å². The Balaban J connectivity index is 1.94. The molecule has 1 heterocycles. The lowest BCUT2D eigenvalue weighted by Gasteiger charge is -2.20. The Morgan fingerprint density at radius 3 is 2.81 bits per heavy atom. The van der Waals surface area contributed by atoms with E-state index in [0.29, 0.717) is 6.61 Å². The normalized spacial score (nSPS) is 19.0. The lowest BCUT2D eigenvalue weighted by molar-refractivity contribution is 0.0696. The van der Waals surface area contributed by atoms with Crippen molar-refractivity contribution in [2.45, 2.75) is 31.9 Å². The molecular formula is C14H17FN2O4. The van der Waals surface area contributed by atoms with E-state index in [0.717, 1.165) is 18.9 Å². The number of hydrogen-bond acceptors (Lipinski definition) is 3. The second-order valence-electron chi connectivity index (χ2n) is 4.94. The lowest BCUT2D eigenvalue weighted by Crippen LogP contribution is -2.43. The van der Waals surface area contributed by atoms with Gasteiger partial charge in [-0.1, -0.05) is 0 Å². The Bertz CT molecular complexity index is 544. The van der Waals surface area contributed by atoms with Gasteiger partial charge in [0.2, 0.25) is 0 Å². The van der Waals surface area contributed by atoms with Crippen LogP contribution in [0.4, 0.5) is 14.9 Å². The minimum atomic E-state index is -1.23. The first-order valence-electron chi connectivity index (χ1n) is 6.69. The van der Waals surface area contributed by atoms with Gasteiger partial charge < -0.3 is 20.5 Å². The Morgan fingerprint density at radius 1 is 1.48 bits per heavy atom. The van der Waals surface area contributed by atoms with E-state index in [4.69, 9.17) is 9.84 Å². The molecule has 6 nitrogen and oxygen atoms in total. The third-order valence-corrected chi connectivity index (χ3v) is 3.35. The number of halogens is 1. The van der Waals surface area contributed by atoms with Gasteiger partial charge in [0.25, 0.3) is 0 Å². The van der Waals surface area contributed by atoms with Gasteiger partial charge >= 0.3 is 12.0 Å². The second-order valence-corrected chi connectivity index (χ2v) is 4.94. The highest BCUT2D eigenvalue weighted by molar-refractivity contribution is 5.91. The number of carbonyl (C=O) groups is 2. The minimum absolute atomic E-state index is 0.0324. The van der Waals surface area contributed by atoms with Crippen LogP contribution in [0.2, 0.25) is 0 Å². The molecule has 1 aliphatic heterocycles. The van der Waals surface area contributed by atoms with Gasteiger partial charge in [-0.05, 0) is 38.0 Å². The number of rotatable bonds is 4. The largest absolute Gasteiger partial charge is 0.478 e. The monoisotopic (exact) mass is 296 g/mol. The highest BCUT2D eigenvalue weighted by Gasteiger charge is 2.23. The maximum atomic E-state index is 13.7. The van der Waals surface area contributed by atoms with E-state index in [1.54, 1.807) is 0 Å². The van der Waals surface area contributed by atoms with Gasteiger partial charge in [-0.3, -0.25) is 0 Å². The number of nitrogens with one attached hydrogen (secondary N) is 2. The van der Waals surface area contributed by atoms with E-state index in [-0.39, 0.29) is 23.4 Å². The van der Waals surface area contributed by atoms with Crippen LogP contribution in [0, 0.1) is 5.82 Å². The van der Waals surface area contributed by atoms with Crippen molar-refractivity contribution in [2.75, 3.05) is 11.9 Å². The van der Waals surface area contributed by atoms with Crippen LogP contribution >= 0.6 is 0 Å². The number of anilines is 1. The van der Waals surface area contributed by atoms with E-state index < -0.39 is 17.8 Å². The van der Waals surface area contributed by atoms with Gasteiger partial charge in [0, 0.05) is 6.61 Å². The molecule has 21 heavy (non-hydrogen) atoms. The van der Waals surface area contributed by atoms with Crippen LogP contribution in [0.25, 0.3) is 0 Å². The van der Waals surface area contributed by atoms with Gasteiger partial charge in [-0.2, -0.15) is 0 Å². The molecule has 1 aromatic carbocycles. The van der Waals surface area contributed by atoms with Gasteiger partial charge in [0.05, 0.1) is 23.4 Å². The van der Waals surface area contributed by atoms with E-state index in [1.165, 1.54) is 12.1 Å². The number of ether oxygens (including phenoxy) is 1. The molecule has 1 saturated heterocycles. The van der Waals surface area contributed by atoms with Crippen molar-refractivity contribution in [3.63, 3.8) is 0 Å². The average Bonchev–Trinajstić information content (AvgIpc) is 2.94. The quantitative estimate of drug-likeness (QED) is 0.795. The molecule has 0 aliphatic carbocycles. The number of amides is 2. The number of aromatic carboxylic acids is 1. The van der Waals surface area contributed by atoms with Crippen LogP contribution in [0.1, 0.15) is 30.1 Å². The summed E-state index contributed by atoms with van der Waals surface area (Å²) in [4.78, 5) is 22.5. The highest BCUT2D eigenvalue weighted by atomic mass is 19.1.